The third kappa shape index (κ3) is 3.41. The zero-order valence-corrected chi connectivity index (χ0v) is 8.23. The molecule has 0 aliphatic heterocycles. The summed E-state index contributed by atoms with van der Waals surface area (Å²) in [5.41, 5.74) is 5.22. The van der Waals surface area contributed by atoms with Crippen molar-refractivity contribution in [3.8, 4) is 0 Å². The van der Waals surface area contributed by atoms with Gasteiger partial charge in [0.2, 0.25) is 11.8 Å². The summed E-state index contributed by atoms with van der Waals surface area (Å²) in [7, 11) is 0. The average molecular weight is 221 g/mol. The van der Waals surface area contributed by atoms with Crippen LogP contribution in [0.4, 0.5) is 5.69 Å². The molecule has 0 saturated heterocycles. The van der Waals surface area contributed by atoms with Crippen molar-refractivity contribution in [3.63, 3.8) is 0 Å². The Kier molecular flexibility index (Phi) is 3.60. The van der Waals surface area contributed by atoms with E-state index in [1.165, 1.54) is 24.3 Å². The van der Waals surface area contributed by atoms with E-state index in [1.54, 1.807) is 0 Å². The van der Waals surface area contributed by atoms with Crippen molar-refractivity contribution in [2.24, 2.45) is 5.73 Å². The predicted octanol–water partition coefficient (Wildman–Crippen LogP) is -1.14. The summed E-state index contributed by atoms with van der Waals surface area (Å²) in [4.78, 5) is 31.9. The highest BCUT2D eigenvalue weighted by atomic mass is 16.4. The lowest BCUT2D eigenvalue weighted by Crippen LogP contribution is -2.23. The van der Waals surface area contributed by atoms with Crippen LogP contribution in [0.25, 0.3) is 0 Å². The molecule has 1 aromatic rings. The molecule has 0 aliphatic rings. The predicted molar refractivity (Wildman–Crippen MR) is 53.2 cm³/mol. The number of hydrogen-bond acceptors (Lipinski definition) is 4. The molecule has 0 aliphatic carbocycles. The summed E-state index contributed by atoms with van der Waals surface area (Å²) in [6.07, 6.45) is -0.414. The maximum Gasteiger partial charge on any atom is 0.233 e. The average Bonchev–Trinajstić information content (AvgIpc) is 2.16. The quantitative estimate of drug-likeness (QED) is 0.626. The highest BCUT2D eigenvalue weighted by molar-refractivity contribution is 6.03. The van der Waals surface area contributed by atoms with Crippen LogP contribution >= 0.6 is 0 Å². The van der Waals surface area contributed by atoms with E-state index in [2.05, 4.69) is 5.32 Å². The molecule has 0 heterocycles. The van der Waals surface area contributed by atoms with Gasteiger partial charge in [-0.25, -0.2) is 0 Å². The lowest BCUT2D eigenvalue weighted by molar-refractivity contribution is -0.255. The Morgan fingerprint density at radius 1 is 1.19 bits per heavy atom. The van der Waals surface area contributed by atoms with Gasteiger partial charge in [-0.2, -0.15) is 0 Å². The highest BCUT2D eigenvalue weighted by Crippen LogP contribution is 2.09. The van der Waals surface area contributed by atoms with E-state index in [-0.39, 0.29) is 5.56 Å². The van der Waals surface area contributed by atoms with Crippen LogP contribution in [-0.4, -0.2) is 17.8 Å². The Labute approximate surface area is 91.1 Å². The van der Waals surface area contributed by atoms with E-state index in [0.717, 1.165) is 0 Å². The molecule has 16 heavy (non-hydrogen) atoms. The monoisotopic (exact) mass is 221 g/mol. The number of carbonyl (C=O) groups is 3. The van der Waals surface area contributed by atoms with Gasteiger partial charge in [-0.1, -0.05) is 12.1 Å². The Bertz CT molecular complexity index is 425. The molecule has 0 fully saturated rings. The first-order valence-electron chi connectivity index (χ1n) is 4.38. The molecule has 84 valence electrons. The summed E-state index contributed by atoms with van der Waals surface area (Å²) in [5.74, 6) is -2.58. The molecule has 1 aromatic carbocycles. The molecule has 6 heteroatoms. The number of aromatic carboxylic acids is 1. The largest absolute Gasteiger partial charge is 0.545 e. The molecule has 2 amide bonds. The summed E-state index contributed by atoms with van der Waals surface area (Å²) in [5, 5.41) is 12.8. The van der Waals surface area contributed by atoms with Crippen LogP contribution < -0.4 is 16.2 Å². The minimum Gasteiger partial charge on any atom is -0.545 e. The number of nitrogens with one attached hydrogen (secondary N) is 1. The van der Waals surface area contributed by atoms with Crippen molar-refractivity contribution in [2.75, 3.05) is 5.32 Å². The van der Waals surface area contributed by atoms with E-state index < -0.39 is 24.2 Å². The SMILES string of the molecule is NC(=O)CC(=O)Nc1ccc(C(=O)[O-])cc1. The Hall–Kier alpha value is -2.37. The van der Waals surface area contributed by atoms with E-state index in [9.17, 15) is 19.5 Å². The second-order valence-electron chi connectivity index (χ2n) is 3.06. The number of benzene rings is 1. The summed E-state index contributed by atoms with van der Waals surface area (Å²) < 4.78 is 0. The van der Waals surface area contributed by atoms with Crippen LogP contribution in [0.1, 0.15) is 16.8 Å². The topological polar surface area (TPSA) is 112 Å². The van der Waals surface area contributed by atoms with E-state index in [4.69, 9.17) is 5.73 Å². The molecule has 0 saturated carbocycles. The maximum absolute atomic E-state index is 11.1. The van der Waals surface area contributed by atoms with Gasteiger partial charge in [-0.05, 0) is 17.7 Å². The number of carbonyl (C=O) groups excluding carboxylic acids is 3. The second-order valence-corrected chi connectivity index (χ2v) is 3.06. The number of carboxylic acid groups (broad SMARTS) is 1. The van der Waals surface area contributed by atoms with E-state index >= 15 is 0 Å². The van der Waals surface area contributed by atoms with Crippen LogP contribution in [0.15, 0.2) is 24.3 Å². The Balaban J connectivity index is 2.65. The van der Waals surface area contributed by atoms with Gasteiger partial charge in [0.1, 0.15) is 6.42 Å². The van der Waals surface area contributed by atoms with Crippen molar-refractivity contribution in [1.29, 1.82) is 0 Å². The fraction of sp³-hybridized carbons (Fsp3) is 0.100. The lowest BCUT2D eigenvalue weighted by atomic mass is 10.2. The fourth-order valence-electron chi connectivity index (χ4n) is 1.05. The van der Waals surface area contributed by atoms with Gasteiger partial charge in [-0.3, -0.25) is 9.59 Å². The molecular weight excluding hydrogens is 212 g/mol. The molecule has 1 rings (SSSR count). The first-order chi connectivity index (χ1) is 7.49. The number of nitrogens with two attached hydrogens (primary N) is 1. The van der Waals surface area contributed by atoms with Crippen molar-refractivity contribution in [1.82, 2.24) is 0 Å². The summed E-state index contributed by atoms with van der Waals surface area (Å²) in [6.45, 7) is 0. The normalized spacial score (nSPS) is 9.50. The Morgan fingerprint density at radius 3 is 2.19 bits per heavy atom. The molecule has 0 radical (unpaired) electrons. The number of amides is 2. The smallest absolute Gasteiger partial charge is 0.233 e. The molecular formula is C10H9N2O4-. The van der Waals surface area contributed by atoms with Crippen molar-refractivity contribution < 1.29 is 19.5 Å². The zero-order chi connectivity index (χ0) is 12.1. The van der Waals surface area contributed by atoms with Crippen LogP contribution in [0.2, 0.25) is 0 Å². The molecule has 0 atom stereocenters. The van der Waals surface area contributed by atoms with Gasteiger partial charge in [0.15, 0.2) is 0 Å². The molecule has 6 nitrogen and oxygen atoms in total. The lowest BCUT2D eigenvalue weighted by Gasteiger charge is -2.05. The van der Waals surface area contributed by atoms with Crippen LogP contribution in [0, 0.1) is 0 Å². The minimum atomic E-state index is -1.30. The zero-order valence-electron chi connectivity index (χ0n) is 8.23. The van der Waals surface area contributed by atoms with Crippen molar-refractivity contribution >= 4 is 23.5 Å². The van der Waals surface area contributed by atoms with Crippen LogP contribution in [0.5, 0.6) is 0 Å². The number of carboxylic acids is 1. The van der Waals surface area contributed by atoms with Gasteiger partial charge in [0.25, 0.3) is 0 Å². The molecule has 0 spiro atoms. The van der Waals surface area contributed by atoms with Gasteiger partial charge >= 0.3 is 0 Å². The van der Waals surface area contributed by atoms with Crippen LogP contribution in [0.3, 0.4) is 0 Å². The number of hydrogen-bond donors (Lipinski definition) is 2. The van der Waals surface area contributed by atoms with E-state index in [1.807, 2.05) is 0 Å². The Morgan fingerprint density at radius 2 is 1.75 bits per heavy atom. The molecule has 3 N–H and O–H groups in total. The molecule has 0 unspecified atom stereocenters. The van der Waals surface area contributed by atoms with Crippen LogP contribution in [-0.2, 0) is 9.59 Å². The van der Waals surface area contributed by atoms with Gasteiger partial charge in [-0.15, -0.1) is 0 Å². The first-order valence-corrected chi connectivity index (χ1v) is 4.38. The first kappa shape index (κ1) is 11.7. The standard InChI is InChI=1S/C10H10N2O4/c11-8(13)5-9(14)12-7-3-1-6(2-4-7)10(15)16/h1-4H,5H2,(H2,11,13)(H,12,14)(H,15,16)/p-1. The van der Waals surface area contributed by atoms with Crippen molar-refractivity contribution in [2.45, 2.75) is 6.42 Å². The number of primary amides is 1. The van der Waals surface area contributed by atoms with E-state index in [0.29, 0.717) is 5.69 Å². The fourth-order valence-corrected chi connectivity index (χ4v) is 1.05. The third-order valence-electron chi connectivity index (χ3n) is 1.74. The number of anilines is 1. The van der Waals surface area contributed by atoms with Crippen molar-refractivity contribution in [3.05, 3.63) is 29.8 Å². The molecule has 0 bridgehead atoms. The van der Waals surface area contributed by atoms with Gasteiger partial charge < -0.3 is 21.0 Å². The summed E-state index contributed by atoms with van der Waals surface area (Å²) in [6, 6.07) is 5.36. The minimum absolute atomic E-state index is 0.00732. The third-order valence-corrected chi connectivity index (χ3v) is 1.74. The second kappa shape index (κ2) is 4.92. The van der Waals surface area contributed by atoms with Gasteiger partial charge in [0.05, 0.1) is 5.97 Å². The summed E-state index contributed by atoms with van der Waals surface area (Å²) >= 11 is 0. The number of rotatable bonds is 4. The highest BCUT2D eigenvalue weighted by Gasteiger charge is 2.05. The maximum atomic E-state index is 11.1. The van der Waals surface area contributed by atoms with Gasteiger partial charge in [0, 0.05) is 5.69 Å². The molecule has 0 aromatic heterocycles.